The molecule has 0 spiro atoms. The van der Waals surface area contributed by atoms with Gasteiger partial charge < -0.3 is 10.2 Å². The first kappa shape index (κ1) is 14.5. The van der Waals surface area contributed by atoms with Crippen LogP contribution in [0.1, 0.15) is 19.4 Å². The lowest BCUT2D eigenvalue weighted by atomic mass is 10.1. The van der Waals surface area contributed by atoms with E-state index in [0.717, 1.165) is 18.7 Å². The Balaban J connectivity index is 2.19. The van der Waals surface area contributed by atoms with Crippen molar-refractivity contribution in [2.45, 2.75) is 13.8 Å². The molecule has 0 aliphatic carbocycles. The molecule has 2 rings (SSSR count). The number of thiocarbonyl (C=S) groups is 1. The molecule has 20 heavy (non-hydrogen) atoms. The van der Waals surface area contributed by atoms with Crippen LogP contribution in [0, 0.1) is 0 Å². The van der Waals surface area contributed by atoms with E-state index in [1.165, 1.54) is 10.6 Å². The number of anilines is 1. The number of hydrogen-bond acceptors (Lipinski definition) is 3. The van der Waals surface area contributed by atoms with Gasteiger partial charge in [0.2, 0.25) is 0 Å². The molecule has 0 aromatic heterocycles. The van der Waals surface area contributed by atoms with Crippen molar-refractivity contribution in [1.29, 1.82) is 0 Å². The van der Waals surface area contributed by atoms with E-state index in [9.17, 15) is 4.79 Å². The van der Waals surface area contributed by atoms with E-state index >= 15 is 0 Å². The molecule has 1 fully saturated rings. The van der Waals surface area contributed by atoms with Crippen molar-refractivity contribution in [3.63, 3.8) is 0 Å². The van der Waals surface area contributed by atoms with Crippen molar-refractivity contribution in [2.24, 2.45) is 0 Å². The molecule has 1 N–H and O–H groups in total. The standard InChI is InChI=1S/C15H19N3OS/c1-4-18(5-2)12-8-6-11(7-9-12)10-13-14(19)17(3)15(20)16-13/h6-10H,4-5H2,1-3H3,(H,16,20)/b13-10-. The summed E-state index contributed by atoms with van der Waals surface area (Å²) in [5.41, 5.74) is 2.69. The van der Waals surface area contributed by atoms with Crippen LogP contribution in [0.4, 0.5) is 5.69 Å². The molecule has 1 heterocycles. The lowest BCUT2D eigenvalue weighted by Gasteiger charge is -2.20. The Morgan fingerprint density at radius 3 is 2.30 bits per heavy atom. The van der Waals surface area contributed by atoms with Crippen LogP contribution in [0.25, 0.3) is 6.08 Å². The molecule has 0 saturated carbocycles. The van der Waals surface area contributed by atoms with Crippen molar-refractivity contribution >= 4 is 35.0 Å². The Bertz CT molecular complexity index is 547. The summed E-state index contributed by atoms with van der Waals surface area (Å²) >= 11 is 5.04. The minimum absolute atomic E-state index is 0.0946. The highest BCUT2D eigenvalue weighted by molar-refractivity contribution is 7.80. The van der Waals surface area contributed by atoms with E-state index in [2.05, 4.69) is 36.2 Å². The number of carbonyl (C=O) groups excluding carboxylic acids is 1. The van der Waals surface area contributed by atoms with Gasteiger partial charge in [-0.1, -0.05) is 12.1 Å². The minimum atomic E-state index is -0.0946. The predicted octanol–water partition coefficient (Wildman–Crippen LogP) is 2.22. The third kappa shape index (κ3) is 2.82. The van der Waals surface area contributed by atoms with Gasteiger partial charge in [0.1, 0.15) is 5.70 Å². The Labute approximate surface area is 125 Å². The second-order valence-corrected chi connectivity index (χ2v) is 5.00. The van der Waals surface area contributed by atoms with Crippen molar-refractivity contribution in [3.8, 4) is 0 Å². The summed E-state index contributed by atoms with van der Waals surface area (Å²) in [6.07, 6.45) is 1.82. The van der Waals surface area contributed by atoms with Gasteiger partial charge in [-0.25, -0.2) is 0 Å². The fourth-order valence-corrected chi connectivity index (χ4v) is 2.35. The maximum atomic E-state index is 11.9. The van der Waals surface area contributed by atoms with Crippen molar-refractivity contribution in [1.82, 2.24) is 10.2 Å². The highest BCUT2D eigenvalue weighted by atomic mass is 32.1. The SMILES string of the molecule is CCN(CC)c1ccc(/C=C2\NC(=S)N(C)C2=O)cc1. The molecular formula is C15H19N3OS. The number of benzene rings is 1. The van der Waals surface area contributed by atoms with Gasteiger partial charge in [-0.15, -0.1) is 0 Å². The summed E-state index contributed by atoms with van der Waals surface area (Å²) in [5.74, 6) is -0.0946. The number of hydrogen-bond donors (Lipinski definition) is 1. The number of nitrogens with one attached hydrogen (secondary N) is 1. The fraction of sp³-hybridized carbons (Fsp3) is 0.333. The monoisotopic (exact) mass is 289 g/mol. The fourth-order valence-electron chi connectivity index (χ4n) is 2.16. The Hall–Kier alpha value is -1.88. The molecule has 5 heteroatoms. The Morgan fingerprint density at radius 2 is 1.85 bits per heavy atom. The number of carbonyl (C=O) groups is 1. The van der Waals surface area contributed by atoms with Crippen LogP contribution in [0.5, 0.6) is 0 Å². The Morgan fingerprint density at radius 1 is 1.25 bits per heavy atom. The summed E-state index contributed by atoms with van der Waals surface area (Å²) in [5, 5.41) is 3.37. The predicted molar refractivity (Wildman–Crippen MR) is 86.5 cm³/mol. The van der Waals surface area contributed by atoms with E-state index in [0.29, 0.717) is 10.8 Å². The van der Waals surface area contributed by atoms with Crippen LogP contribution < -0.4 is 10.2 Å². The van der Waals surface area contributed by atoms with E-state index in [4.69, 9.17) is 12.2 Å². The molecule has 1 aromatic carbocycles. The van der Waals surface area contributed by atoms with Gasteiger partial charge in [0, 0.05) is 25.8 Å². The Kier molecular flexibility index (Phi) is 4.39. The number of nitrogens with zero attached hydrogens (tertiary/aromatic N) is 2. The van der Waals surface area contributed by atoms with Gasteiger partial charge in [-0.05, 0) is 49.8 Å². The zero-order valence-electron chi connectivity index (χ0n) is 12.0. The highest BCUT2D eigenvalue weighted by Crippen LogP contribution is 2.18. The lowest BCUT2D eigenvalue weighted by Crippen LogP contribution is -2.25. The van der Waals surface area contributed by atoms with Crippen LogP contribution in [-0.4, -0.2) is 36.1 Å². The summed E-state index contributed by atoms with van der Waals surface area (Å²) in [4.78, 5) is 15.6. The second-order valence-electron chi connectivity index (χ2n) is 4.62. The van der Waals surface area contributed by atoms with Crippen LogP contribution in [0.2, 0.25) is 0 Å². The van der Waals surface area contributed by atoms with E-state index in [1.807, 2.05) is 18.2 Å². The highest BCUT2D eigenvalue weighted by Gasteiger charge is 2.26. The van der Waals surface area contributed by atoms with Crippen LogP contribution >= 0.6 is 12.2 Å². The average molecular weight is 289 g/mol. The van der Waals surface area contributed by atoms with Crippen LogP contribution in [0.3, 0.4) is 0 Å². The maximum Gasteiger partial charge on any atom is 0.276 e. The van der Waals surface area contributed by atoms with E-state index < -0.39 is 0 Å². The lowest BCUT2D eigenvalue weighted by molar-refractivity contribution is -0.121. The summed E-state index contributed by atoms with van der Waals surface area (Å²) < 4.78 is 0. The van der Waals surface area contributed by atoms with Gasteiger partial charge in [0.15, 0.2) is 5.11 Å². The van der Waals surface area contributed by atoms with E-state index in [-0.39, 0.29) is 5.91 Å². The van der Waals surface area contributed by atoms with Crippen LogP contribution in [0.15, 0.2) is 30.0 Å². The molecule has 1 amide bonds. The molecule has 0 unspecified atom stereocenters. The molecule has 0 atom stereocenters. The maximum absolute atomic E-state index is 11.9. The first-order valence-electron chi connectivity index (χ1n) is 6.72. The molecule has 0 bridgehead atoms. The van der Waals surface area contributed by atoms with Crippen molar-refractivity contribution in [2.75, 3.05) is 25.0 Å². The third-order valence-electron chi connectivity index (χ3n) is 3.41. The smallest absolute Gasteiger partial charge is 0.276 e. The average Bonchev–Trinajstić information content (AvgIpc) is 2.69. The molecule has 1 aliphatic rings. The van der Waals surface area contributed by atoms with Crippen LogP contribution in [-0.2, 0) is 4.79 Å². The normalized spacial score (nSPS) is 16.8. The van der Waals surface area contributed by atoms with Gasteiger partial charge >= 0.3 is 0 Å². The number of rotatable bonds is 4. The molecule has 4 nitrogen and oxygen atoms in total. The molecular weight excluding hydrogens is 270 g/mol. The second kappa shape index (κ2) is 6.05. The molecule has 106 valence electrons. The summed E-state index contributed by atoms with van der Waals surface area (Å²) in [6.45, 7) is 6.24. The van der Waals surface area contributed by atoms with Gasteiger partial charge in [0.05, 0.1) is 0 Å². The van der Waals surface area contributed by atoms with Gasteiger partial charge in [-0.2, -0.15) is 0 Å². The zero-order valence-corrected chi connectivity index (χ0v) is 12.8. The van der Waals surface area contributed by atoms with Crippen molar-refractivity contribution < 1.29 is 4.79 Å². The topological polar surface area (TPSA) is 35.6 Å². The molecule has 1 saturated heterocycles. The molecule has 1 aliphatic heterocycles. The van der Waals surface area contributed by atoms with E-state index in [1.54, 1.807) is 7.05 Å². The number of amides is 1. The zero-order chi connectivity index (χ0) is 14.7. The summed E-state index contributed by atoms with van der Waals surface area (Å²) in [6, 6.07) is 8.16. The first-order chi connectivity index (χ1) is 9.56. The van der Waals surface area contributed by atoms with Gasteiger partial charge in [0.25, 0.3) is 5.91 Å². The molecule has 0 radical (unpaired) electrons. The first-order valence-corrected chi connectivity index (χ1v) is 7.13. The van der Waals surface area contributed by atoms with Crippen molar-refractivity contribution in [3.05, 3.63) is 35.5 Å². The summed E-state index contributed by atoms with van der Waals surface area (Å²) in [7, 11) is 1.67. The molecule has 1 aromatic rings. The third-order valence-corrected chi connectivity index (χ3v) is 3.79. The number of likely N-dealkylation sites (N-methyl/N-ethyl adjacent to an activating group) is 1. The van der Waals surface area contributed by atoms with Gasteiger partial charge in [-0.3, -0.25) is 9.69 Å². The minimum Gasteiger partial charge on any atom is -0.372 e. The largest absolute Gasteiger partial charge is 0.372 e. The quantitative estimate of drug-likeness (QED) is 0.681.